The number of aryl methyl sites for hydroxylation is 2. The number of carbonyl (C=O) groups is 2. The number of nitrogens with one attached hydrogen (secondary N) is 2. The Bertz CT molecular complexity index is 1060. The highest BCUT2D eigenvalue weighted by Crippen LogP contribution is 2.16. The van der Waals surface area contributed by atoms with E-state index in [1.165, 1.54) is 11.3 Å². The van der Waals surface area contributed by atoms with Crippen LogP contribution < -0.4 is 10.6 Å². The van der Waals surface area contributed by atoms with Crippen molar-refractivity contribution in [2.45, 2.75) is 20.4 Å². The smallest absolute Gasteiger partial charge is 0.268 e. The molecule has 2 aromatic carbocycles. The molecule has 0 saturated carbocycles. The molecule has 4 nitrogen and oxygen atoms in total. The van der Waals surface area contributed by atoms with Gasteiger partial charge in [-0.05, 0) is 66.3 Å². The molecule has 0 unspecified atom stereocenters. The van der Waals surface area contributed by atoms with Gasteiger partial charge in [0.1, 0.15) is 5.70 Å². The fourth-order valence-electron chi connectivity index (χ4n) is 2.66. The normalized spacial score (nSPS) is 11.2. The van der Waals surface area contributed by atoms with Crippen LogP contribution >= 0.6 is 22.9 Å². The summed E-state index contributed by atoms with van der Waals surface area (Å²) in [5.41, 5.74) is 3.61. The molecule has 1 heterocycles. The topological polar surface area (TPSA) is 58.2 Å². The zero-order valence-electron chi connectivity index (χ0n) is 16.2. The van der Waals surface area contributed by atoms with E-state index >= 15 is 0 Å². The Labute approximate surface area is 179 Å². The van der Waals surface area contributed by atoms with Crippen molar-refractivity contribution in [3.8, 4) is 0 Å². The van der Waals surface area contributed by atoms with Crippen LogP contribution in [0.2, 0.25) is 5.02 Å². The van der Waals surface area contributed by atoms with E-state index in [4.69, 9.17) is 11.6 Å². The van der Waals surface area contributed by atoms with Gasteiger partial charge >= 0.3 is 0 Å². The van der Waals surface area contributed by atoms with Crippen molar-refractivity contribution < 1.29 is 9.59 Å². The summed E-state index contributed by atoms with van der Waals surface area (Å²) in [4.78, 5) is 26.4. The van der Waals surface area contributed by atoms with E-state index in [-0.39, 0.29) is 24.1 Å². The molecule has 0 saturated heterocycles. The molecule has 3 aromatic rings. The highest BCUT2D eigenvalue weighted by molar-refractivity contribution is 7.10. The molecule has 2 N–H and O–H groups in total. The number of hydrogen-bond donors (Lipinski definition) is 2. The van der Waals surface area contributed by atoms with Crippen LogP contribution in [-0.2, 0) is 11.3 Å². The highest BCUT2D eigenvalue weighted by atomic mass is 35.5. The van der Waals surface area contributed by atoms with E-state index in [1.54, 1.807) is 18.2 Å². The average molecular weight is 425 g/mol. The summed E-state index contributed by atoms with van der Waals surface area (Å²) in [5.74, 6) is -0.709. The second kappa shape index (κ2) is 9.54. The van der Waals surface area contributed by atoms with Gasteiger partial charge in [-0.3, -0.25) is 9.59 Å². The van der Waals surface area contributed by atoms with Crippen LogP contribution in [0.3, 0.4) is 0 Å². The molecule has 0 fully saturated rings. The number of rotatable bonds is 6. The summed E-state index contributed by atoms with van der Waals surface area (Å²) in [5, 5.41) is 8.07. The average Bonchev–Trinajstić information content (AvgIpc) is 3.21. The minimum Gasteiger partial charge on any atom is -0.347 e. The maximum Gasteiger partial charge on any atom is 0.268 e. The third kappa shape index (κ3) is 5.56. The van der Waals surface area contributed by atoms with Crippen molar-refractivity contribution in [2.75, 3.05) is 0 Å². The largest absolute Gasteiger partial charge is 0.347 e. The number of thiophene rings is 1. The molecule has 148 valence electrons. The summed E-state index contributed by atoms with van der Waals surface area (Å²) < 4.78 is 0. The van der Waals surface area contributed by atoms with Crippen molar-refractivity contribution in [1.82, 2.24) is 10.6 Å². The van der Waals surface area contributed by atoms with Gasteiger partial charge in [0.25, 0.3) is 11.8 Å². The lowest BCUT2D eigenvalue weighted by molar-refractivity contribution is -0.117. The molecule has 29 heavy (non-hydrogen) atoms. The number of hydrogen-bond acceptors (Lipinski definition) is 3. The van der Waals surface area contributed by atoms with Crippen LogP contribution in [0.5, 0.6) is 0 Å². The summed E-state index contributed by atoms with van der Waals surface area (Å²) in [6.45, 7) is 4.20. The van der Waals surface area contributed by atoms with Crippen LogP contribution in [-0.4, -0.2) is 11.8 Å². The van der Waals surface area contributed by atoms with E-state index in [2.05, 4.69) is 10.6 Å². The molecular weight excluding hydrogens is 404 g/mol. The molecular formula is C23H21ClN2O2S. The Hall–Kier alpha value is -2.89. The molecule has 0 atom stereocenters. The minimum atomic E-state index is -0.379. The Balaban J connectivity index is 1.79. The van der Waals surface area contributed by atoms with Crippen molar-refractivity contribution >= 4 is 40.8 Å². The Morgan fingerprint density at radius 2 is 1.83 bits per heavy atom. The van der Waals surface area contributed by atoms with Crippen LogP contribution in [0.4, 0.5) is 0 Å². The van der Waals surface area contributed by atoms with Gasteiger partial charge in [-0.1, -0.05) is 41.9 Å². The molecule has 0 aliphatic rings. The third-order valence-corrected chi connectivity index (χ3v) is 5.68. The van der Waals surface area contributed by atoms with Crippen LogP contribution in [0.1, 0.15) is 31.9 Å². The predicted molar refractivity (Wildman–Crippen MR) is 119 cm³/mol. The van der Waals surface area contributed by atoms with Gasteiger partial charge in [0.2, 0.25) is 0 Å². The van der Waals surface area contributed by atoms with Crippen molar-refractivity contribution in [3.05, 3.63) is 97.8 Å². The van der Waals surface area contributed by atoms with E-state index in [0.29, 0.717) is 10.6 Å². The Morgan fingerprint density at radius 1 is 1.03 bits per heavy atom. The van der Waals surface area contributed by atoms with Gasteiger partial charge in [0, 0.05) is 22.0 Å². The Kier molecular flexibility index (Phi) is 6.86. The monoisotopic (exact) mass is 424 g/mol. The van der Waals surface area contributed by atoms with E-state index < -0.39 is 0 Å². The summed E-state index contributed by atoms with van der Waals surface area (Å²) in [6, 6.07) is 16.5. The highest BCUT2D eigenvalue weighted by Gasteiger charge is 2.15. The lowest BCUT2D eigenvalue weighted by Crippen LogP contribution is -2.34. The number of carbonyl (C=O) groups excluding carboxylic acids is 2. The standard InChI is InChI=1S/C23H21ClN2O2S/c1-15-9-10-17(12-16(15)2)22(27)26-21(13-19-7-5-11-29-19)23(28)25-14-18-6-3-4-8-20(18)24/h3-13H,14H2,1-2H3,(H,25,28)(H,26,27)/b21-13-. The fraction of sp³-hybridized carbons (Fsp3) is 0.130. The zero-order valence-corrected chi connectivity index (χ0v) is 17.7. The van der Waals surface area contributed by atoms with Gasteiger partial charge in [-0.2, -0.15) is 0 Å². The minimum absolute atomic E-state index is 0.183. The first-order valence-electron chi connectivity index (χ1n) is 9.09. The van der Waals surface area contributed by atoms with Gasteiger partial charge in [-0.25, -0.2) is 0 Å². The quantitative estimate of drug-likeness (QED) is 0.540. The summed E-state index contributed by atoms with van der Waals surface area (Å²) in [7, 11) is 0. The van der Waals surface area contributed by atoms with Crippen LogP contribution in [0, 0.1) is 13.8 Å². The molecule has 0 radical (unpaired) electrons. The molecule has 0 bridgehead atoms. The first kappa shape index (κ1) is 20.8. The first-order valence-corrected chi connectivity index (χ1v) is 10.3. The zero-order chi connectivity index (χ0) is 20.8. The number of benzene rings is 2. The Morgan fingerprint density at radius 3 is 2.52 bits per heavy atom. The maximum absolute atomic E-state index is 12.8. The molecule has 1 aromatic heterocycles. The molecule has 0 spiro atoms. The van der Waals surface area contributed by atoms with Crippen molar-refractivity contribution in [2.24, 2.45) is 0 Å². The second-order valence-corrected chi connectivity index (χ2v) is 7.99. The van der Waals surface area contributed by atoms with Crippen LogP contribution in [0.25, 0.3) is 6.08 Å². The van der Waals surface area contributed by atoms with E-state index in [9.17, 15) is 9.59 Å². The second-order valence-electron chi connectivity index (χ2n) is 6.60. The lowest BCUT2D eigenvalue weighted by Gasteiger charge is -2.12. The summed E-state index contributed by atoms with van der Waals surface area (Å²) in [6.07, 6.45) is 1.67. The van der Waals surface area contributed by atoms with E-state index in [0.717, 1.165) is 21.6 Å². The molecule has 0 aliphatic heterocycles. The third-order valence-electron chi connectivity index (χ3n) is 4.49. The van der Waals surface area contributed by atoms with Gasteiger partial charge in [-0.15, -0.1) is 11.3 Å². The SMILES string of the molecule is Cc1ccc(C(=O)N/C(=C\c2cccs2)C(=O)NCc2ccccc2Cl)cc1C. The van der Waals surface area contributed by atoms with Crippen molar-refractivity contribution in [1.29, 1.82) is 0 Å². The number of amides is 2. The molecule has 2 amide bonds. The summed E-state index contributed by atoms with van der Waals surface area (Å²) >= 11 is 7.64. The fourth-order valence-corrected chi connectivity index (χ4v) is 3.52. The number of halogens is 1. The predicted octanol–water partition coefficient (Wildman–Crippen LogP) is 5.11. The maximum atomic E-state index is 12.8. The van der Waals surface area contributed by atoms with Crippen molar-refractivity contribution in [3.63, 3.8) is 0 Å². The molecule has 3 rings (SSSR count). The lowest BCUT2D eigenvalue weighted by atomic mass is 10.1. The molecule has 6 heteroatoms. The van der Waals surface area contributed by atoms with Gasteiger partial charge in [0.15, 0.2) is 0 Å². The van der Waals surface area contributed by atoms with E-state index in [1.807, 2.05) is 61.7 Å². The van der Waals surface area contributed by atoms with Crippen LogP contribution in [0.15, 0.2) is 65.7 Å². The van der Waals surface area contributed by atoms with Gasteiger partial charge in [0.05, 0.1) is 0 Å². The van der Waals surface area contributed by atoms with Gasteiger partial charge < -0.3 is 10.6 Å². The molecule has 0 aliphatic carbocycles. The first-order chi connectivity index (χ1) is 13.9.